The molecule has 0 aliphatic carbocycles. The van der Waals surface area contributed by atoms with Gasteiger partial charge in [0.2, 0.25) is 0 Å². The van der Waals surface area contributed by atoms with Gasteiger partial charge in [-0.05, 0) is 19.8 Å². The molecule has 0 bridgehead atoms. The second-order valence-corrected chi connectivity index (χ2v) is 3.91. The fourth-order valence-electron chi connectivity index (χ4n) is 1.35. The SMILES string of the molecule is CCCCCCCN(N)C(C)CC. The van der Waals surface area contributed by atoms with Crippen LogP contribution in [0.3, 0.4) is 0 Å². The molecule has 2 nitrogen and oxygen atoms in total. The number of hydrogen-bond acceptors (Lipinski definition) is 2. The quantitative estimate of drug-likeness (QED) is 0.359. The molecular weight excluding hydrogens is 160 g/mol. The molecule has 0 rings (SSSR count). The van der Waals surface area contributed by atoms with Crippen molar-refractivity contribution in [3.05, 3.63) is 0 Å². The molecule has 0 fully saturated rings. The van der Waals surface area contributed by atoms with Crippen LogP contribution in [0.25, 0.3) is 0 Å². The van der Waals surface area contributed by atoms with E-state index in [4.69, 9.17) is 5.84 Å². The van der Waals surface area contributed by atoms with Gasteiger partial charge in [0.25, 0.3) is 0 Å². The lowest BCUT2D eigenvalue weighted by molar-refractivity contribution is 0.204. The van der Waals surface area contributed by atoms with Gasteiger partial charge < -0.3 is 0 Å². The van der Waals surface area contributed by atoms with Crippen LogP contribution in [0.5, 0.6) is 0 Å². The largest absolute Gasteiger partial charge is 0.269 e. The second kappa shape index (κ2) is 8.52. The van der Waals surface area contributed by atoms with Gasteiger partial charge in [0.15, 0.2) is 0 Å². The first-order chi connectivity index (χ1) is 6.22. The Morgan fingerprint density at radius 3 is 2.23 bits per heavy atom. The molecule has 0 saturated heterocycles. The molecule has 0 amide bonds. The van der Waals surface area contributed by atoms with Crippen molar-refractivity contribution in [2.75, 3.05) is 6.54 Å². The van der Waals surface area contributed by atoms with Gasteiger partial charge in [-0.2, -0.15) is 0 Å². The molecule has 0 saturated carbocycles. The number of unbranched alkanes of at least 4 members (excludes halogenated alkanes) is 4. The normalized spacial score (nSPS) is 13.6. The maximum Gasteiger partial charge on any atom is 0.0210 e. The highest BCUT2D eigenvalue weighted by Crippen LogP contribution is 2.04. The number of hydrogen-bond donors (Lipinski definition) is 1. The van der Waals surface area contributed by atoms with Crippen LogP contribution in [0, 0.1) is 0 Å². The van der Waals surface area contributed by atoms with Crippen molar-refractivity contribution in [2.45, 2.75) is 65.3 Å². The van der Waals surface area contributed by atoms with Crippen LogP contribution in [0.2, 0.25) is 0 Å². The van der Waals surface area contributed by atoms with E-state index in [9.17, 15) is 0 Å². The lowest BCUT2D eigenvalue weighted by atomic mass is 10.1. The lowest BCUT2D eigenvalue weighted by Crippen LogP contribution is -2.39. The molecule has 80 valence electrons. The average Bonchev–Trinajstić information content (AvgIpc) is 2.16. The predicted molar refractivity (Wildman–Crippen MR) is 59.4 cm³/mol. The van der Waals surface area contributed by atoms with E-state index in [2.05, 4.69) is 20.8 Å². The molecule has 0 aliphatic rings. The van der Waals surface area contributed by atoms with E-state index in [1.165, 1.54) is 32.1 Å². The summed E-state index contributed by atoms with van der Waals surface area (Å²) in [5.74, 6) is 5.88. The molecule has 1 atom stereocenters. The molecule has 0 radical (unpaired) electrons. The molecule has 0 heterocycles. The number of nitrogens with two attached hydrogens (primary N) is 1. The zero-order chi connectivity index (χ0) is 10.1. The topological polar surface area (TPSA) is 29.3 Å². The van der Waals surface area contributed by atoms with Gasteiger partial charge in [0.1, 0.15) is 0 Å². The average molecular weight is 186 g/mol. The summed E-state index contributed by atoms with van der Waals surface area (Å²) in [6.45, 7) is 7.67. The number of rotatable bonds is 8. The molecular formula is C11H26N2. The summed E-state index contributed by atoms with van der Waals surface area (Å²) in [5, 5.41) is 1.98. The first-order valence-electron chi connectivity index (χ1n) is 5.73. The summed E-state index contributed by atoms with van der Waals surface area (Å²) in [7, 11) is 0. The molecule has 0 aromatic carbocycles. The lowest BCUT2D eigenvalue weighted by Gasteiger charge is -2.22. The molecule has 2 heteroatoms. The monoisotopic (exact) mass is 186 g/mol. The maximum absolute atomic E-state index is 5.88. The van der Waals surface area contributed by atoms with Crippen LogP contribution in [0.4, 0.5) is 0 Å². The van der Waals surface area contributed by atoms with Crippen LogP contribution in [-0.4, -0.2) is 17.6 Å². The predicted octanol–water partition coefficient (Wildman–Crippen LogP) is 2.93. The van der Waals surface area contributed by atoms with Gasteiger partial charge >= 0.3 is 0 Å². The Kier molecular flexibility index (Phi) is 8.46. The first-order valence-corrected chi connectivity index (χ1v) is 5.73. The Morgan fingerprint density at radius 2 is 1.69 bits per heavy atom. The van der Waals surface area contributed by atoms with E-state index < -0.39 is 0 Å². The third kappa shape index (κ3) is 7.03. The third-order valence-electron chi connectivity index (χ3n) is 2.68. The van der Waals surface area contributed by atoms with Crippen LogP contribution < -0.4 is 5.84 Å². The van der Waals surface area contributed by atoms with E-state index >= 15 is 0 Å². The Bertz CT molecular complexity index is 104. The highest BCUT2D eigenvalue weighted by atomic mass is 15.4. The Labute approximate surface area is 83.5 Å². The van der Waals surface area contributed by atoms with E-state index in [0.717, 1.165) is 13.0 Å². The van der Waals surface area contributed by atoms with Gasteiger partial charge in [-0.1, -0.05) is 39.5 Å². The van der Waals surface area contributed by atoms with E-state index in [1.807, 2.05) is 5.01 Å². The summed E-state index contributed by atoms with van der Waals surface area (Å²) < 4.78 is 0. The standard InChI is InChI=1S/C11H26N2/c1-4-6-7-8-9-10-13(12)11(3)5-2/h11H,4-10,12H2,1-3H3. The molecule has 0 aromatic rings. The van der Waals surface area contributed by atoms with Crippen molar-refractivity contribution in [3.63, 3.8) is 0 Å². The Hall–Kier alpha value is -0.0800. The molecule has 0 aromatic heterocycles. The highest BCUT2D eigenvalue weighted by Gasteiger charge is 2.05. The number of hydrazine groups is 1. The summed E-state index contributed by atoms with van der Waals surface area (Å²) in [6.07, 6.45) is 7.78. The summed E-state index contributed by atoms with van der Waals surface area (Å²) in [4.78, 5) is 0. The van der Waals surface area contributed by atoms with Crippen molar-refractivity contribution in [3.8, 4) is 0 Å². The summed E-state index contributed by atoms with van der Waals surface area (Å²) >= 11 is 0. The fourth-order valence-corrected chi connectivity index (χ4v) is 1.35. The van der Waals surface area contributed by atoms with Crippen molar-refractivity contribution < 1.29 is 0 Å². The summed E-state index contributed by atoms with van der Waals surface area (Å²) in [5.41, 5.74) is 0. The van der Waals surface area contributed by atoms with Gasteiger partial charge in [0.05, 0.1) is 0 Å². The molecule has 1 unspecified atom stereocenters. The van der Waals surface area contributed by atoms with Crippen LogP contribution in [0.15, 0.2) is 0 Å². The molecule has 0 spiro atoms. The van der Waals surface area contributed by atoms with Gasteiger partial charge in [-0.15, -0.1) is 0 Å². The van der Waals surface area contributed by atoms with Gasteiger partial charge in [-0.25, -0.2) is 5.01 Å². The minimum absolute atomic E-state index is 0.533. The van der Waals surface area contributed by atoms with Crippen LogP contribution in [-0.2, 0) is 0 Å². The van der Waals surface area contributed by atoms with Crippen LogP contribution >= 0.6 is 0 Å². The van der Waals surface area contributed by atoms with E-state index in [-0.39, 0.29) is 0 Å². The number of nitrogens with zero attached hydrogens (tertiary/aromatic N) is 1. The highest BCUT2D eigenvalue weighted by molar-refractivity contribution is 4.58. The van der Waals surface area contributed by atoms with Crippen molar-refractivity contribution >= 4 is 0 Å². The van der Waals surface area contributed by atoms with Crippen LogP contribution in [0.1, 0.15) is 59.3 Å². The van der Waals surface area contributed by atoms with Crippen molar-refractivity contribution in [1.82, 2.24) is 5.01 Å². The Balaban J connectivity index is 3.21. The molecule has 13 heavy (non-hydrogen) atoms. The molecule has 2 N–H and O–H groups in total. The minimum atomic E-state index is 0.533. The zero-order valence-electron chi connectivity index (χ0n) is 9.55. The fraction of sp³-hybridized carbons (Fsp3) is 1.00. The van der Waals surface area contributed by atoms with Crippen molar-refractivity contribution in [1.29, 1.82) is 0 Å². The van der Waals surface area contributed by atoms with E-state index in [1.54, 1.807) is 0 Å². The third-order valence-corrected chi connectivity index (χ3v) is 2.68. The Morgan fingerprint density at radius 1 is 1.08 bits per heavy atom. The second-order valence-electron chi connectivity index (χ2n) is 3.91. The van der Waals surface area contributed by atoms with Crippen molar-refractivity contribution in [2.24, 2.45) is 5.84 Å². The van der Waals surface area contributed by atoms with E-state index in [0.29, 0.717) is 6.04 Å². The minimum Gasteiger partial charge on any atom is -0.269 e. The molecule has 0 aliphatic heterocycles. The zero-order valence-corrected chi connectivity index (χ0v) is 9.55. The first kappa shape index (κ1) is 12.9. The maximum atomic E-state index is 5.88. The van der Waals surface area contributed by atoms with Gasteiger partial charge in [0, 0.05) is 12.6 Å². The smallest absolute Gasteiger partial charge is 0.0210 e. The van der Waals surface area contributed by atoms with Gasteiger partial charge in [-0.3, -0.25) is 5.84 Å². The summed E-state index contributed by atoms with van der Waals surface area (Å²) in [6, 6.07) is 0.533.